The third-order valence-electron chi connectivity index (χ3n) is 5.90. The Balaban J connectivity index is 1.37. The lowest BCUT2D eigenvalue weighted by molar-refractivity contribution is -0.180. The SMILES string of the molecule is O=C(OC[C@H]1CO[C@](Cc2nccn2C(=O)c2ccccc2)(c2ccc(Cl)cc2)O1)c1ccccc1. The summed E-state index contributed by atoms with van der Waals surface area (Å²) in [5.41, 5.74) is 1.71. The van der Waals surface area contributed by atoms with E-state index in [-0.39, 0.29) is 25.5 Å². The van der Waals surface area contributed by atoms with Crippen LogP contribution < -0.4 is 0 Å². The molecule has 1 saturated heterocycles. The van der Waals surface area contributed by atoms with Crippen LogP contribution in [0.2, 0.25) is 5.02 Å². The van der Waals surface area contributed by atoms with Crippen molar-refractivity contribution in [3.63, 3.8) is 0 Å². The second-order valence-electron chi connectivity index (χ2n) is 8.34. The number of halogens is 1. The summed E-state index contributed by atoms with van der Waals surface area (Å²) in [4.78, 5) is 30.0. The highest BCUT2D eigenvalue weighted by Crippen LogP contribution is 2.38. The highest BCUT2D eigenvalue weighted by molar-refractivity contribution is 6.30. The van der Waals surface area contributed by atoms with Crippen LogP contribution in [0.1, 0.15) is 32.1 Å². The first-order valence-corrected chi connectivity index (χ1v) is 11.8. The Morgan fingerprint density at radius 3 is 2.33 bits per heavy atom. The molecule has 5 rings (SSSR count). The summed E-state index contributed by atoms with van der Waals surface area (Å²) in [5, 5.41) is 0.570. The number of carbonyl (C=O) groups excluding carboxylic acids is 2. The lowest BCUT2D eigenvalue weighted by atomic mass is 10.0. The van der Waals surface area contributed by atoms with E-state index in [1.54, 1.807) is 60.9 Å². The molecule has 0 radical (unpaired) electrons. The molecule has 0 N–H and O–H groups in total. The van der Waals surface area contributed by atoms with Gasteiger partial charge in [-0.3, -0.25) is 9.36 Å². The normalized spacial score (nSPS) is 19.2. The largest absolute Gasteiger partial charge is 0.459 e. The van der Waals surface area contributed by atoms with Crippen molar-refractivity contribution in [1.82, 2.24) is 9.55 Å². The minimum Gasteiger partial charge on any atom is -0.459 e. The lowest BCUT2D eigenvalue weighted by Crippen LogP contribution is -2.34. The fourth-order valence-electron chi connectivity index (χ4n) is 4.10. The molecule has 0 amide bonds. The number of carbonyl (C=O) groups is 2. The van der Waals surface area contributed by atoms with Gasteiger partial charge in [-0.25, -0.2) is 9.78 Å². The zero-order valence-electron chi connectivity index (χ0n) is 19.2. The van der Waals surface area contributed by atoms with Crippen molar-refractivity contribution in [3.05, 3.63) is 125 Å². The summed E-state index contributed by atoms with van der Waals surface area (Å²) in [6.07, 6.45) is 2.83. The van der Waals surface area contributed by atoms with Gasteiger partial charge in [0.15, 0.2) is 0 Å². The minimum atomic E-state index is -1.24. The Kier molecular flexibility index (Phi) is 6.95. The van der Waals surface area contributed by atoms with E-state index in [1.807, 2.05) is 36.4 Å². The molecule has 7 nitrogen and oxygen atoms in total. The molecule has 1 aromatic heterocycles. The maximum absolute atomic E-state index is 13.1. The molecule has 4 aromatic rings. The number of aromatic nitrogens is 2. The topological polar surface area (TPSA) is 79.7 Å². The third-order valence-corrected chi connectivity index (χ3v) is 6.15. The van der Waals surface area contributed by atoms with Gasteiger partial charge in [0, 0.05) is 28.5 Å². The van der Waals surface area contributed by atoms with E-state index in [9.17, 15) is 9.59 Å². The van der Waals surface area contributed by atoms with E-state index < -0.39 is 17.9 Å². The van der Waals surface area contributed by atoms with Crippen molar-refractivity contribution in [2.24, 2.45) is 0 Å². The number of imidazole rings is 1. The zero-order valence-corrected chi connectivity index (χ0v) is 20.0. The first-order valence-electron chi connectivity index (χ1n) is 11.5. The molecule has 3 aromatic carbocycles. The standard InChI is InChI=1S/C28H23ClN2O5/c29-23-13-11-22(12-14-23)28(17-25-30-15-16-31(25)26(32)20-7-3-1-4-8-20)35-19-24(36-28)18-34-27(33)21-9-5-2-6-10-21/h1-16,24H,17-19H2/t24-,28-/m0/s1. The highest BCUT2D eigenvalue weighted by atomic mass is 35.5. The van der Waals surface area contributed by atoms with E-state index >= 15 is 0 Å². The number of benzene rings is 3. The molecular formula is C28H23ClN2O5. The summed E-state index contributed by atoms with van der Waals surface area (Å²) in [5.74, 6) is -1.41. The Bertz CT molecular complexity index is 1340. The van der Waals surface area contributed by atoms with Gasteiger partial charge in [-0.1, -0.05) is 60.1 Å². The molecule has 0 aliphatic carbocycles. The van der Waals surface area contributed by atoms with Crippen molar-refractivity contribution in [1.29, 1.82) is 0 Å². The number of ether oxygens (including phenoxy) is 3. The van der Waals surface area contributed by atoms with Crippen LogP contribution in [0.3, 0.4) is 0 Å². The summed E-state index contributed by atoms with van der Waals surface area (Å²) in [6.45, 7) is 0.207. The quantitative estimate of drug-likeness (QED) is 0.335. The third kappa shape index (κ3) is 5.09. The van der Waals surface area contributed by atoms with Crippen LogP contribution in [0, 0.1) is 0 Å². The number of esters is 1. The van der Waals surface area contributed by atoms with E-state index in [2.05, 4.69) is 4.98 Å². The van der Waals surface area contributed by atoms with Crippen molar-refractivity contribution in [3.8, 4) is 0 Å². The molecule has 0 unspecified atom stereocenters. The predicted octanol–water partition coefficient (Wildman–Crippen LogP) is 4.89. The molecular weight excluding hydrogens is 480 g/mol. The van der Waals surface area contributed by atoms with Gasteiger partial charge >= 0.3 is 5.97 Å². The van der Waals surface area contributed by atoms with Gasteiger partial charge in [-0.05, 0) is 36.4 Å². The van der Waals surface area contributed by atoms with Crippen LogP contribution >= 0.6 is 11.6 Å². The Morgan fingerprint density at radius 1 is 0.972 bits per heavy atom. The number of hydrogen-bond acceptors (Lipinski definition) is 6. The maximum atomic E-state index is 13.1. The first-order chi connectivity index (χ1) is 17.5. The van der Waals surface area contributed by atoms with Crippen molar-refractivity contribution in [2.45, 2.75) is 18.3 Å². The number of nitrogens with zero attached hydrogens (tertiary/aromatic N) is 2. The summed E-state index contributed by atoms with van der Waals surface area (Å²) >= 11 is 6.11. The molecule has 1 aliphatic heterocycles. The van der Waals surface area contributed by atoms with Gasteiger partial charge in [0.25, 0.3) is 5.91 Å². The smallest absolute Gasteiger partial charge is 0.338 e. The van der Waals surface area contributed by atoms with Crippen molar-refractivity contribution >= 4 is 23.5 Å². The molecule has 36 heavy (non-hydrogen) atoms. The Labute approximate surface area is 213 Å². The maximum Gasteiger partial charge on any atom is 0.338 e. The fourth-order valence-corrected chi connectivity index (χ4v) is 4.23. The second kappa shape index (κ2) is 10.5. The Morgan fingerprint density at radius 2 is 1.64 bits per heavy atom. The van der Waals surface area contributed by atoms with Gasteiger partial charge in [0.2, 0.25) is 5.79 Å². The summed E-state index contributed by atoms with van der Waals surface area (Å²) < 4.78 is 19.5. The molecule has 2 atom stereocenters. The van der Waals surface area contributed by atoms with Gasteiger partial charge in [0.1, 0.15) is 18.5 Å². The minimum absolute atomic E-state index is 0.0143. The van der Waals surface area contributed by atoms with E-state index in [0.717, 1.165) is 0 Å². The van der Waals surface area contributed by atoms with Gasteiger partial charge in [-0.15, -0.1) is 0 Å². The predicted molar refractivity (Wildman–Crippen MR) is 133 cm³/mol. The average Bonchev–Trinajstić information content (AvgIpc) is 3.56. The molecule has 182 valence electrons. The van der Waals surface area contributed by atoms with Crippen LogP contribution in [0.25, 0.3) is 0 Å². The highest BCUT2D eigenvalue weighted by Gasteiger charge is 2.45. The molecule has 1 aliphatic rings. The van der Waals surface area contributed by atoms with Crippen LogP contribution in [-0.2, 0) is 26.4 Å². The second-order valence-corrected chi connectivity index (χ2v) is 8.77. The average molecular weight is 503 g/mol. The van der Waals surface area contributed by atoms with Crippen LogP contribution in [-0.4, -0.2) is 40.7 Å². The molecule has 8 heteroatoms. The van der Waals surface area contributed by atoms with Crippen LogP contribution in [0.15, 0.2) is 97.3 Å². The molecule has 0 spiro atoms. The van der Waals surface area contributed by atoms with E-state index in [4.69, 9.17) is 25.8 Å². The van der Waals surface area contributed by atoms with Crippen molar-refractivity contribution < 1.29 is 23.8 Å². The van der Waals surface area contributed by atoms with E-state index in [0.29, 0.717) is 27.5 Å². The summed E-state index contributed by atoms with van der Waals surface area (Å²) in [7, 11) is 0. The molecule has 2 heterocycles. The van der Waals surface area contributed by atoms with Crippen molar-refractivity contribution in [2.75, 3.05) is 13.2 Å². The molecule has 0 saturated carbocycles. The monoisotopic (exact) mass is 502 g/mol. The summed E-state index contributed by atoms with van der Waals surface area (Å²) in [6, 6.07) is 24.8. The fraction of sp³-hybridized carbons (Fsp3) is 0.179. The Hall–Kier alpha value is -3.78. The van der Waals surface area contributed by atoms with Gasteiger partial charge < -0.3 is 14.2 Å². The van der Waals surface area contributed by atoms with Gasteiger partial charge in [-0.2, -0.15) is 0 Å². The zero-order chi connectivity index (χ0) is 25.0. The molecule has 1 fully saturated rings. The van der Waals surface area contributed by atoms with E-state index in [1.165, 1.54) is 4.57 Å². The van der Waals surface area contributed by atoms with Crippen LogP contribution in [0.4, 0.5) is 0 Å². The first kappa shape index (κ1) is 23.9. The lowest BCUT2D eigenvalue weighted by Gasteiger charge is -2.28. The molecule has 0 bridgehead atoms. The van der Waals surface area contributed by atoms with Gasteiger partial charge in [0.05, 0.1) is 18.6 Å². The van der Waals surface area contributed by atoms with Crippen LogP contribution in [0.5, 0.6) is 0 Å². The number of hydrogen-bond donors (Lipinski definition) is 0. The number of rotatable bonds is 7.